The summed E-state index contributed by atoms with van der Waals surface area (Å²) in [6.07, 6.45) is -9.52. The van der Waals surface area contributed by atoms with E-state index in [1.54, 1.807) is 50.6 Å². The Morgan fingerprint density at radius 3 is 1.62 bits per heavy atom. The van der Waals surface area contributed by atoms with Gasteiger partial charge in [0.1, 0.15) is 35.6 Å². The first kappa shape index (κ1) is 50.3. The lowest BCUT2D eigenvalue weighted by Crippen LogP contribution is -2.64. The molecule has 3 aromatic carbocycles. The number of ether oxygens (including phenoxy) is 11. The van der Waals surface area contributed by atoms with Crippen molar-refractivity contribution >= 4 is 61.0 Å². The third-order valence-electron chi connectivity index (χ3n) is 11.0. The molecule has 15 nitrogen and oxygen atoms in total. The monoisotopic (exact) mass is 955 g/mol. The summed E-state index contributed by atoms with van der Waals surface area (Å²) in [5.74, 6) is -0.353. The van der Waals surface area contributed by atoms with Crippen LogP contribution in [0.1, 0.15) is 49.2 Å². The first-order chi connectivity index (χ1) is 30.2. The lowest BCUT2D eigenvalue weighted by atomic mass is 10.0. The van der Waals surface area contributed by atoms with E-state index in [-0.39, 0.29) is 32.0 Å². The molecule has 1 N–H and O–H groups in total. The topological polar surface area (TPSA) is 169 Å². The van der Waals surface area contributed by atoms with Gasteiger partial charge in [-0.15, -0.1) is 0 Å². The van der Waals surface area contributed by atoms with Gasteiger partial charge in [-0.3, -0.25) is 10.2 Å². The number of benzene rings is 3. The van der Waals surface area contributed by atoms with Crippen molar-refractivity contribution in [2.75, 3.05) is 34.5 Å². The zero-order valence-corrected chi connectivity index (χ0v) is 39.6. The van der Waals surface area contributed by atoms with E-state index in [4.69, 9.17) is 96.7 Å². The van der Waals surface area contributed by atoms with E-state index < -0.39 is 79.2 Å². The number of esters is 2. The molecule has 63 heavy (non-hydrogen) atoms. The summed E-state index contributed by atoms with van der Waals surface area (Å²) in [6, 6.07) is 23.4. The summed E-state index contributed by atoms with van der Waals surface area (Å²) in [4.78, 5) is 27.0. The molecule has 3 aromatic rings. The predicted molar refractivity (Wildman–Crippen MR) is 236 cm³/mol. The fourth-order valence-corrected chi connectivity index (χ4v) is 10.2. The van der Waals surface area contributed by atoms with Crippen LogP contribution in [0.2, 0.25) is 18.1 Å². The van der Waals surface area contributed by atoms with Crippen molar-refractivity contribution in [1.29, 1.82) is 5.41 Å². The Bertz CT molecular complexity index is 1910. The molecule has 19 heteroatoms. The molecule has 8 atom stereocenters. The highest BCUT2D eigenvalue weighted by molar-refractivity contribution is 6.76. The minimum atomic E-state index is -2.44. The molecule has 0 spiro atoms. The van der Waals surface area contributed by atoms with Crippen molar-refractivity contribution in [3.8, 4) is 17.2 Å². The molecule has 2 aliphatic rings. The zero-order valence-electron chi connectivity index (χ0n) is 36.3. The van der Waals surface area contributed by atoms with E-state index in [1.165, 1.54) is 14.0 Å². The second-order valence-electron chi connectivity index (χ2n) is 14.8. The largest absolute Gasteiger partial charge is 0.497 e. The quantitative estimate of drug-likeness (QED) is 0.0378. The average molecular weight is 957 g/mol. The highest BCUT2D eigenvalue weighted by Crippen LogP contribution is 2.37. The van der Waals surface area contributed by atoms with Crippen molar-refractivity contribution in [3.63, 3.8) is 0 Å². The maximum atomic E-state index is 14.1. The van der Waals surface area contributed by atoms with Crippen LogP contribution in [0.5, 0.6) is 17.2 Å². The molecule has 346 valence electrons. The third-order valence-corrected chi connectivity index (χ3v) is 16.2. The van der Waals surface area contributed by atoms with Crippen molar-refractivity contribution < 1.29 is 66.1 Å². The minimum Gasteiger partial charge on any atom is -0.497 e. The van der Waals surface area contributed by atoms with E-state index in [9.17, 15) is 9.59 Å². The van der Waals surface area contributed by atoms with Crippen LogP contribution in [0.4, 0.5) is 0 Å². The van der Waals surface area contributed by atoms with Gasteiger partial charge >= 0.3 is 11.9 Å². The Morgan fingerprint density at radius 2 is 1.13 bits per heavy atom. The summed E-state index contributed by atoms with van der Waals surface area (Å²) in [6.45, 7) is 7.36. The summed E-state index contributed by atoms with van der Waals surface area (Å²) < 4.78 is 71.2. The van der Waals surface area contributed by atoms with E-state index >= 15 is 0 Å². The Labute approximate surface area is 384 Å². The molecule has 0 aliphatic carbocycles. The molecule has 2 saturated heterocycles. The summed E-state index contributed by atoms with van der Waals surface area (Å²) in [7, 11) is 2.25. The number of alkyl halides is 3. The maximum absolute atomic E-state index is 14.1. The van der Waals surface area contributed by atoms with Crippen molar-refractivity contribution in [3.05, 3.63) is 89.5 Å². The van der Waals surface area contributed by atoms with Gasteiger partial charge in [-0.05, 0) is 77.8 Å². The fourth-order valence-electron chi connectivity index (χ4n) is 7.17. The first-order valence-electron chi connectivity index (χ1n) is 20.6. The predicted octanol–water partition coefficient (Wildman–Crippen LogP) is 8.19. The van der Waals surface area contributed by atoms with E-state index in [0.29, 0.717) is 17.2 Å². The van der Waals surface area contributed by atoms with Crippen molar-refractivity contribution in [1.82, 2.24) is 0 Å². The molecule has 0 saturated carbocycles. The molecule has 0 bridgehead atoms. The molecule has 0 unspecified atom stereocenters. The number of hydrogen-bond donors (Lipinski definition) is 1. The summed E-state index contributed by atoms with van der Waals surface area (Å²) >= 11 is 18.0. The van der Waals surface area contributed by atoms with Crippen LogP contribution in [0.3, 0.4) is 0 Å². The first-order valence-corrected chi connectivity index (χ1v) is 24.2. The third kappa shape index (κ3) is 13.7. The number of methoxy groups -OCH3 is 3. The zero-order chi connectivity index (χ0) is 45.7. The van der Waals surface area contributed by atoms with Gasteiger partial charge in [-0.1, -0.05) is 79.8 Å². The molecular formula is C44H56Cl3NO14Si. The Morgan fingerprint density at radius 1 is 0.651 bits per heavy atom. The SMILES string of the molecule is CC[Si](CC)(CC)O[C@H]1CO[C@@H](OC(=N)C(Cl)(Cl)Cl)[C@H](OC(C)=O)[C@H]1O[C@@H]1OC[C@@H](OCc2ccc(OC)cc2)[C@H](OCc2ccc(OC)cc2)[C@H]1OC(=O)c1ccc(OC)cc1. The molecule has 2 fully saturated rings. The summed E-state index contributed by atoms with van der Waals surface area (Å²) in [5.41, 5.74) is 1.83. The van der Waals surface area contributed by atoms with Gasteiger partial charge in [0.25, 0.3) is 3.79 Å². The molecule has 2 heterocycles. The van der Waals surface area contributed by atoms with Gasteiger partial charge in [0.15, 0.2) is 26.8 Å². The average Bonchev–Trinajstić information content (AvgIpc) is 3.29. The van der Waals surface area contributed by atoms with Gasteiger partial charge < -0.3 is 56.5 Å². The van der Waals surface area contributed by atoms with E-state index in [0.717, 1.165) is 29.3 Å². The molecule has 5 rings (SSSR count). The van der Waals surface area contributed by atoms with Crippen LogP contribution in [0.15, 0.2) is 72.8 Å². The second-order valence-corrected chi connectivity index (χ2v) is 21.8. The van der Waals surface area contributed by atoms with Crippen molar-refractivity contribution in [2.45, 2.75) is 112 Å². The Kier molecular flexibility index (Phi) is 18.8. The number of nitrogens with one attached hydrogen (secondary N) is 1. The van der Waals surface area contributed by atoms with Gasteiger partial charge in [0.2, 0.25) is 12.2 Å². The standard InChI is InChI=1S/C44H56Cl3NO14Si/c1-8-63(9-2,10-3)62-35-26-57-42(61-43(48)44(45,46)47)39(58-27(4)49)37(35)60-41-38(59-40(50)30-15-21-33(53-7)22-16-30)36(55-24-29-13-19-32(52-6)20-14-29)34(25-56-41)54-23-28-11-17-31(51-5)18-12-28/h11-22,34-39,41-42,48H,8-10,23-26H2,1-7H3/t34-,35+,36+,37+,38-,39-,41+,42+/m1/s1. The van der Waals surface area contributed by atoms with Gasteiger partial charge in [-0.25, -0.2) is 4.79 Å². The fraction of sp³-hybridized carbons (Fsp3) is 0.523. The van der Waals surface area contributed by atoms with Crippen LogP contribution in [-0.2, 0) is 60.3 Å². The molecule has 0 amide bonds. The molecule has 0 radical (unpaired) electrons. The van der Waals surface area contributed by atoms with E-state index in [2.05, 4.69) is 20.8 Å². The lowest BCUT2D eigenvalue weighted by Gasteiger charge is -2.47. The minimum absolute atomic E-state index is 0.0616. The number of carbonyl (C=O) groups excluding carboxylic acids is 2. The highest BCUT2D eigenvalue weighted by Gasteiger charge is 2.54. The van der Waals surface area contributed by atoms with Crippen LogP contribution in [-0.4, -0.2) is 114 Å². The van der Waals surface area contributed by atoms with Crippen LogP contribution < -0.4 is 14.2 Å². The Hall–Kier alpha value is -3.68. The number of hydrogen-bond acceptors (Lipinski definition) is 15. The van der Waals surface area contributed by atoms with Gasteiger partial charge in [-0.2, -0.15) is 0 Å². The summed E-state index contributed by atoms with van der Waals surface area (Å²) in [5, 5.41) is 8.34. The molecule has 2 aliphatic heterocycles. The van der Waals surface area contributed by atoms with Crippen molar-refractivity contribution in [2.24, 2.45) is 0 Å². The molecule has 0 aromatic heterocycles. The smallest absolute Gasteiger partial charge is 0.338 e. The number of rotatable bonds is 20. The van der Waals surface area contributed by atoms with Gasteiger partial charge in [0, 0.05) is 6.92 Å². The van der Waals surface area contributed by atoms with Gasteiger partial charge in [0.05, 0.1) is 59.4 Å². The number of carbonyl (C=O) groups is 2. The van der Waals surface area contributed by atoms with Crippen LogP contribution in [0.25, 0.3) is 0 Å². The normalized spacial score (nSPS) is 23.9. The maximum Gasteiger partial charge on any atom is 0.338 e. The lowest BCUT2D eigenvalue weighted by molar-refractivity contribution is -0.333. The van der Waals surface area contributed by atoms with Crippen LogP contribution >= 0.6 is 34.8 Å². The second kappa shape index (κ2) is 23.5. The van der Waals surface area contributed by atoms with E-state index in [1.807, 2.05) is 36.4 Å². The number of halogens is 3. The Balaban J connectivity index is 1.57. The molecular weight excluding hydrogens is 901 g/mol. The van der Waals surface area contributed by atoms with Crippen LogP contribution in [0, 0.1) is 5.41 Å². The highest BCUT2D eigenvalue weighted by atomic mass is 35.6.